The molecule has 0 aliphatic heterocycles. The summed E-state index contributed by atoms with van der Waals surface area (Å²) in [4.78, 5) is 21.8. The van der Waals surface area contributed by atoms with Gasteiger partial charge in [-0.25, -0.2) is 4.79 Å². The van der Waals surface area contributed by atoms with Gasteiger partial charge in [0.15, 0.2) is 0 Å². The zero-order valence-electron chi connectivity index (χ0n) is 9.38. The number of alkyl carbamates (subject to hydrolysis) is 1. The molecule has 15 heavy (non-hydrogen) atoms. The summed E-state index contributed by atoms with van der Waals surface area (Å²) in [5, 5.41) is 2.41. The van der Waals surface area contributed by atoms with Crippen molar-refractivity contribution in [2.24, 2.45) is 5.41 Å². The fourth-order valence-electron chi connectivity index (χ4n) is 0.843. The van der Waals surface area contributed by atoms with Crippen LogP contribution in [0.1, 0.15) is 27.2 Å². The van der Waals surface area contributed by atoms with E-state index in [0.29, 0.717) is 6.29 Å². The average molecular weight is 219 g/mol. The molecule has 0 fully saturated rings. The largest absolute Gasteiger partial charge is 0.449 e. The summed E-state index contributed by atoms with van der Waals surface area (Å²) in [6.07, 6.45) is 0.154. The summed E-state index contributed by atoms with van der Waals surface area (Å²) < 4.78 is 16.4. The molecule has 0 heterocycles. The van der Waals surface area contributed by atoms with Crippen LogP contribution in [-0.2, 0) is 9.53 Å². The highest BCUT2D eigenvalue weighted by atomic mass is 19.1. The van der Waals surface area contributed by atoms with Crippen molar-refractivity contribution in [2.45, 2.75) is 33.2 Å². The first-order valence-electron chi connectivity index (χ1n) is 4.86. The number of carbonyl (C=O) groups excluding carboxylic acids is 2. The van der Waals surface area contributed by atoms with Gasteiger partial charge >= 0.3 is 6.09 Å². The van der Waals surface area contributed by atoms with Crippen LogP contribution in [-0.4, -0.2) is 31.7 Å². The summed E-state index contributed by atoms with van der Waals surface area (Å²) in [5.41, 5.74) is -0.360. The second-order valence-electron chi connectivity index (χ2n) is 4.30. The predicted molar refractivity (Wildman–Crippen MR) is 54.4 cm³/mol. The Morgan fingerprint density at radius 3 is 2.53 bits per heavy atom. The summed E-state index contributed by atoms with van der Waals surface area (Å²) in [6.45, 7) is 4.98. The normalized spacial score (nSPS) is 13.1. The van der Waals surface area contributed by atoms with Crippen molar-refractivity contribution in [1.29, 1.82) is 0 Å². The molecule has 88 valence electrons. The molecule has 0 rings (SSSR count). The van der Waals surface area contributed by atoms with E-state index in [1.165, 1.54) is 0 Å². The minimum Gasteiger partial charge on any atom is -0.449 e. The van der Waals surface area contributed by atoms with Crippen molar-refractivity contribution in [2.75, 3.05) is 13.3 Å². The molecule has 5 heteroatoms. The molecular weight excluding hydrogens is 201 g/mol. The molecule has 0 aromatic carbocycles. The smallest absolute Gasteiger partial charge is 0.407 e. The highest BCUT2D eigenvalue weighted by Crippen LogP contribution is 2.17. The Balaban J connectivity index is 3.97. The van der Waals surface area contributed by atoms with E-state index < -0.39 is 18.8 Å². The molecule has 1 N–H and O–H groups in total. The molecule has 0 aromatic rings. The summed E-state index contributed by atoms with van der Waals surface area (Å²) in [5.74, 6) is 0. The monoisotopic (exact) mass is 219 g/mol. The lowest BCUT2D eigenvalue weighted by Gasteiger charge is -2.26. The van der Waals surface area contributed by atoms with E-state index in [9.17, 15) is 14.0 Å². The Bertz CT molecular complexity index is 213. The Morgan fingerprint density at radius 1 is 1.53 bits per heavy atom. The van der Waals surface area contributed by atoms with Crippen LogP contribution < -0.4 is 5.32 Å². The van der Waals surface area contributed by atoms with E-state index in [0.717, 1.165) is 0 Å². The van der Waals surface area contributed by atoms with Gasteiger partial charge in [-0.1, -0.05) is 20.8 Å². The lowest BCUT2D eigenvalue weighted by Crippen LogP contribution is -2.45. The van der Waals surface area contributed by atoms with E-state index in [2.05, 4.69) is 10.1 Å². The molecule has 0 spiro atoms. The first-order valence-corrected chi connectivity index (χ1v) is 4.86. The van der Waals surface area contributed by atoms with Gasteiger partial charge in [0.25, 0.3) is 0 Å². The summed E-state index contributed by atoms with van der Waals surface area (Å²) in [6, 6.07) is -0.602. The van der Waals surface area contributed by atoms with Crippen molar-refractivity contribution in [3.8, 4) is 0 Å². The number of rotatable bonds is 5. The third-order valence-corrected chi connectivity index (χ3v) is 1.85. The van der Waals surface area contributed by atoms with Gasteiger partial charge in [-0.05, 0) is 5.41 Å². The van der Waals surface area contributed by atoms with Crippen LogP contribution in [0, 0.1) is 5.41 Å². The number of carbonyl (C=O) groups is 2. The molecule has 0 radical (unpaired) electrons. The number of hydrogen-bond donors (Lipinski definition) is 1. The number of hydrogen-bond acceptors (Lipinski definition) is 3. The second-order valence-corrected chi connectivity index (χ2v) is 4.30. The molecule has 0 bridgehead atoms. The van der Waals surface area contributed by atoms with Crippen LogP contribution in [0.25, 0.3) is 0 Å². The molecule has 1 atom stereocenters. The third-order valence-electron chi connectivity index (χ3n) is 1.85. The van der Waals surface area contributed by atoms with Crippen molar-refractivity contribution in [3.63, 3.8) is 0 Å². The van der Waals surface area contributed by atoms with Crippen molar-refractivity contribution in [3.05, 3.63) is 0 Å². The van der Waals surface area contributed by atoms with Crippen molar-refractivity contribution < 1.29 is 18.7 Å². The first kappa shape index (κ1) is 13.9. The highest BCUT2D eigenvalue weighted by Gasteiger charge is 2.26. The molecule has 0 saturated heterocycles. The first-order chi connectivity index (χ1) is 6.91. The minimum atomic E-state index is -0.685. The molecule has 1 amide bonds. The summed E-state index contributed by atoms with van der Waals surface area (Å²) in [7, 11) is 0. The number of amides is 1. The van der Waals surface area contributed by atoms with E-state index in [4.69, 9.17) is 0 Å². The topological polar surface area (TPSA) is 55.4 Å². The van der Waals surface area contributed by atoms with Crippen LogP contribution in [0.3, 0.4) is 0 Å². The maximum Gasteiger partial charge on any atom is 0.407 e. The van der Waals surface area contributed by atoms with Gasteiger partial charge in [0.2, 0.25) is 0 Å². The highest BCUT2D eigenvalue weighted by molar-refractivity contribution is 5.73. The van der Waals surface area contributed by atoms with Gasteiger partial charge < -0.3 is 14.8 Å². The number of ether oxygens (including phenoxy) is 1. The second kappa shape index (κ2) is 6.37. The number of nitrogens with one attached hydrogen (secondary N) is 1. The molecule has 0 unspecified atom stereocenters. The van der Waals surface area contributed by atoms with Crippen molar-refractivity contribution >= 4 is 12.4 Å². The quantitative estimate of drug-likeness (QED) is 0.565. The van der Waals surface area contributed by atoms with Crippen LogP contribution in [0.2, 0.25) is 0 Å². The Hall–Kier alpha value is -1.13. The van der Waals surface area contributed by atoms with Crippen molar-refractivity contribution in [1.82, 2.24) is 5.32 Å². The van der Waals surface area contributed by atoms with E-state index in [1.54, 1.807) is 0 Å². The number of alkyl halides is 1. The SMILES string of the molecule is CC(C)(C)[C@@H](C=O)NC(=O)OCCCF. The average Bonchev–Trinajstić information content (AvgIpc) is 2.12. The molecule has 0 aromatic heterocycles. The van der Waals surface area contributed by atoms with Gasteiger partial charge in [0, 0.05) is 6.42 Å². The zero-order valence-corrected chi connectivity index (χ0v) is 9.38. The Morgan fingerprint density at radius 2 is 2.13 bits per heavy atom. The van der Waals surface area contributed by atoms with Gasteiger partial charge in [0.1, 0.15) is 6.29 Å². The van der Waals surface area contributed by atoms with Gasteiger partial charge in [0.05, 0.1) is 19.3 Å². The molecular formula is C10H18FNO3. The van der Waals surface area contributed by atoms with Crippen LogP contribution in [0.4, 0.5) is 9.18 Å². The molecule has 0 saturated carbocycles. The number of halogens is 1. The fraction of sp³-hybridized carbons (Fsp3) is 0.800. The third kappa shape index (κ3) is 6.04. The van der Waals surface area contributed by atoms with Crippen LogP contribution in [0.15, 0.2) is 0 Å². The number of aldehydes is 1. The molecule has 0 aliphatic rings. The van der Waals surface area contributed by atoms with E-state index in [-0.39, 0.29) is 18.4 Å². The minimum absolute atomic E-state index is 0.0258. The Labute approximate surface area is 89.2 Å². The van der Waals surface area contributed by atoms with Crippen LogP contribution in [0.5, 0.6) is 0 Å². The zero-order chi connectivity index (χ0) is 11.9. The molecule has 4 nitrogen and oxygen atoms in total. The lowest BCUT2D eigenvalue weighted by molar-refractivity contribution is -0.111. The molecule has 0 aliphatic carbocycles. The van der Waals surface area contributed by atoms with Crippen LogP contribution >= 0.6 is 0 Å². The standard InChI is InChI=1S/C10H18FNO3/c1-10(2,3)8(7-13)12-9(14)15-6-4-5-11/h7-8H,4-6H2,1-3H3,(H,12,14)/t8-/m1/s1. The van der Waals surface area contributed by atoms with Gasteiger partial charge in [-0.15, -0.1) is 0 Å². The predicted octanol–water partition coefficient (Wildman–Crippen LogP) is 1.69. The fourth-order valence-corrected chi connectivity index (χ4v) is 0.843. The van der Waals surface area contributed by atoms with Gasteiger partial charge in [-0.3, -0.25) is 4.39 Å². The lowest BCUT2D eigenvalue weighted by atomic mass is 9.88. The van der Waals surface area contributed by atoms with E-state index in [1.807, 2.05) is 20.8 Å². The summed E-state index contributed by atoms with van der Waals surface area (Å²) >= 11 is 0. The Kier molecular flexibility index (Phi) is 5.89. The van der Waals surface area contributed by atoms with Gasteiger partial charge in [-0.2, -0.15) is 0 Å². The maximum atomic E-state index is 11.7. The maximum absolute atomic E-state index is 11.7. The van der Waals surface area contributed by atoms with E-state index >= 15 is 0 Å².